The van der Waals surface area contributed by atoms with Crippen molar-refractivity contribution in [2.75, 3.05) is 17.9 Å². The fourth-order valence-electron chi connectivity index (χ4n) is 3.45. The molecule has 0 heterocycles. The quantitative estimate of drug-likeness (QED) is 0.602. The molecule has 0 unspecified atom stereocenters. The summed E-state index contributed by atoms with van der Waals surface area (Å²) in [6.45, 7) is 2.43. The maximum absolute atomic E-state index is 12.9. The number of nitrogens with zero attached hydrogens (tertiary/aromatic N) is 1. The van der Waals surface area contributed by atoms with Gasteiger partial charge in [0.2, 0.25) is 0 Å². The van der Waals surface area contributed by atoms with Crippen LogP contribution >= 0.6 is 11.6 Å². The zero-order valence-corrected chi connectivity index (χ0v) is 18.9. The molecule has 7 heteroatoms. The lowest BCUT2D eigenvalue weighted by molar-refractivity contribution is 0.0954. The molecule has 0 radical (unpaired) electrons. The molecule has 1 N–H and O–H groups in total. The number of nitrogens with one attached hydrogen (secondary N) is 1. The fourth-order valence-corrected chi connectivity index (χ4v) is 4.84. The Morgan fingerprint density at radius 3 is 2.53 bits per heavy atom. The highest BCUT2D eigenvalue weighted by Crippen LogP contribution is 2.27. The number of halogens is 1. The number of hydrogen-bond donors (Lipinski definition) is 1. The third-order valence-corrected chi connectivity index (χ3v) is 7.48. The number of benzene rings is 2. The number of carbonyl (C=O) groups excluding carboxylic acids is 1. The van der Waals surface area contributed by atoms with Crippen LogP contribution in [0.15, 0.2) is 59.0 Å². The molecule has 2 aromatic carbocycles. The van der Waals surface area contributed by atoms with Crippen LogP contribution in [0.1, 0.15) is 48.0 Å². The average molecular weight is 447 g/mol. The summed E-state index contributed by atoms with van der Waals surface area (Å²) >= 11 is 6.23. The molecular weight excluding hydrogens is 420 g/mol. The van der Waals surface area contributed by atoms with Gasteiger partial charge in [-0.15, -0.1) is 0 Å². The molecule has 0 saturated heterocycles. The van der Waals surface area contributed by atoms with Crippen molar-refractivity contribution in [1.82, 2.24) is 5.32 Å². The Morgan fingerprint density at radius 1 is 1.13 bits per heavy atom. The number of hydrogen-bond acceptors (Lipinski definition) is 3. The topological polar surface area (TPSA) is 66.5 Å². The van der Waals surface area contributed by atoms with E-state index in [-0.39, 0.29) is 21.4 Å². The Morgan fingerprint density at radius 2 is 1.87 bits per heavy atom. The van der Waals surface area contributed by atoms with Gasteiger partial charge in [-0.3, -0.25) is 9.10 Å². The third kappa shape index (κ3) is 5.24. The first-order valence-electron chi connectivity index (χ1n) is 10.1. The predicted molar refractivity (Wildman–Crippen MR) is 122 cm³/mol. The van der Waals surface area contributed by atoms with Gasteiger partial charge in [-0.1, -0.05) is 40.9 Å². The van der Waals surface area contributed by atoms with Gasteiger partial charge in [0, 0.05) is 13.6 Å². The molecular formula is C23H27ClN2O3S. The van der Waals surface area contributed by atoms with Crippen molar-refractivity contribution in [3.05, 3.63) is 70.3 Å². The van der Waals surface area contributed by atoms with Crippen molar-refractivity contribution in [2.24, 2.45) is 0 Å². The van der Waals surface area contributed by atoms with Crippen LogP contribution in [-0.2, 0) is 10.0 Å². The molecule has 1 amide bonds. The van der Waals surface area contributed by atoms with E-state index in [1.165, 1.54) is 31.5 Å². The number of carbonyl (C=O) groups is 1. The number of sulfonamides is 1. The van der Waals surface area contributed by atoms with Crippen LogP contribution in [0.2, 0.25) is 5.02 Å². The van der Waals surface area contributed by atoms with Crippen molar-refractivity contribution in [3.63, 3.8) is 0 Å². The molecule has 0 bridgehead atoms. The summed E-state index contributed by atoms with van der Waals surface area (Å²) in [6.07, 6.45) is 7.72. The van der Waals surface area contributed by atoms with Gasteiger partial charge in [-0.25, -0.2) is 8.42 Å². The maximum Gasteiger partial charge on any atom is 0.264 e. The first-order chi connectivity index (χ1) is 14.3. The highest BCUT2D eigenvalue weighted by Gasteiger charge is 2.23. The van der Waals surface area contributed by atoms with E-state index in [2.05, 4.69) is 11.4 Å². The van der Waals surface area contributed by atoms with E-state index in [4.69, 9.17) is 11.6 Å². The van der Waals surface area contributed by atoms with Gasteiger partial charge in [-0.05, 0) is 69.4 Å². The molecule has 0 spiro atoms. The van der Waals surface area contributed by atoms with Gasteiger partial charge in [-0.2, -0.15) is 0 Å². The largest absolute Gasteiger partial charge is 0.352 e. The average Bonchev–Trinajstić information content (AvgIpc) is 2.74. The summed E-state index contributed by atoms with van der Waals surface area (Å²) in [5.74, 6) is -0.306. The Balaban J connectivity index is 1.74. The number of rotatable bonds is 7. The van der Waals surface area contributed by atoms with E-state index in [0.717, 1.165) is 29.1 Å². The molecule has 30 heavy (non-hydrogen) atoms. The summed E-state index contributed by atoms with van der Waals surface area (Å²) in [7, 11) is -2.28. The second-order valence-electron chi connectivity index (χ2n) is 7.56. The Labute approximate surface area is 183 Å². The van der Waals surface area contributed by atoms with Gasteiger partial charge in [0.25, 0.3) is 15.9 Å². The molecule has 1 aliphatic rings. The van der Waals surface area contributed by atoms with Crippen LogP contribution in [-0.4, -0.2) is 27.9 Å². The molecule has 0 saturated carbocycles. The van der Waals surface area contributed by atoms with Crippen LogP contribution < -0.4 is 9.62 Å². The van der Waals surface area contributed by atoms with E-state index < -0.39 is 10.0 Å². The molecule has 0 fully saturated rings. The highest BCUT2D eigenvalue weighted by molar-refractivity contribution is 7.92. The molecule has 0 aliphatic heterocycles. The van der Waals surface area contributed by atoms with Crippen LogP contribution in [0.3, 0.4) is 0 Å². The molecule has 0 atom stereocenters. The van der Waals surface area contributed by atoms with Gasteiger partial charge in [0.1, 0.15) is 0 Å². The van der Waals surface area contributed by atoms with E-state index in [1.807, 2.05) is 6.92 Å². The molecule has 1 aliphatic carbocycles. The standard InChI is InChI=1S/C23H27ClN2O3S/c1-17-8-11-20(12-9-17)30(28,29)26(2)19-10-13-22(24)21(16-19)23(27)25-15-14-18-6-4-3-5-7-18/h6,8-13,16H,3-5,7,14-15H2,1-2H3,(H,25,27). The van der Waals surface area contributed by atoms with E-state index >= 15 is 0 Å². The molecule has 0 aromatic heterocycles. The lowest BCUT2D eigenvalue weighted by atomic mass is 9.97. The minimum atomic E-state index is -3.74. The molecule has 2 aromatic rings. The van der Waals surface area contributed by atoms with Gasteiger partial charge in [0.15, 0.2) is 0 Å². The second-order valence-corrected chi connectivity index (χ2v) is 9.94. The predicted octanol–water partition coefficient (Wildman–Crippen LogP) is 5.09. The van der Waals surface area contributed by atoms with Gasteiger partial charge < -0.3 is 5.32 Å². The second kappa shape index (κ2) is 9.67. The van der Waals surface area contributed by atoms with Crippen LogP contribution in [0, 0.1) is 6.92 Å². The Hall–Kier alpha value is -2.31. The SMILES string of the molecule is Cc1ccc(S(=O)(=O)N(C)c2ccc(Cl)c(C(=O)NCCC3=CCCCC3)c2)cc1. The van der Waals surface area contributed by atoms with Crippen LogP contribution in [0.5, 0.6) is 0 Å². The van der Waals surface area contributed by atoms with Crippen LogP contribution in [0.4, 0.5) is 5.69 Å². The fraction of sp³-hybridized carbons (Fsp3) is 0.348. The van der Waals surface area contributed by atoms with E-state index in [9.17, 15) is 13.2 Å². The van der Waals surface area contributed by atoms with Crippen molar-refractivity contribution in [2.45, 2.75) is 43.9 Å². The normalized spacial score (nSPS) is 14.2. The smallest absolute Gasteiger partial charge is 0.264 e. The maximum atomic E-state index is 12.9. The first kappa shape index (κ1) is 22.4. The summed E-state index contributed by atoms with van der Waals surface area (Å²) < 4.78 is 27.1. The molecule has 5 nitrogen and oxygen atoms in total. The third-order valence-electron chi connectivity index (χ3n) is 5.35. The zero-order valence-electron chi connectivity index (χ0n) is 17.3. The van der Waals surface area contributed by atoms with E-state index in [1.54, 1.807) is 36.4 Å². The Kier molecular flexibility index (Phi) is 7.21. The van der Waals surface area contributed by atoms with Crippen molar-refractivity contribution in [1.29, 1.82) is 0 Å². The van der Waals surface area contributed by atoms with Crippen LogP contribution in [0.25, 0.3) is 0 Å². The minimum Gasteiger partial charge on any atom is -0.352 e. The van der Waals surface area contributed by atoms with Crippen molar-refractivity contribution < 1.29 is 13.2 Å². The highest BCUT2D eigenvalue weighted by atomic mass is 35.5. The number of anilines is 1. The van der Waals surface area contributed by atoms with E-state index in [0.29, 0.717) is 12.2 Å². The summed E-state index contributed by atoms with van der Waals surface area (Å²) in [5, 5.41) is 3.18. The van der Waals surface area contributed by atoms with Gasteiger partial charge in [0.05, 0.1) is 21.2 Å². The zero-order chi connectivity index (χ0) is 21.7. The van der Waals surface area contributed by atoms with Crippen molar-refractivity contribution >= 4 is 33.2 Å². The summed E-state index contributed by atoms with van der Waals surface area (Å²) in [6, 6.07) is 11.3. The number of aryl methyl sites for hydroxylation is 1. The van der Waals surface area contributed by atoms with Crippen molar-refractivity contribution in [3.8, 4) is 0 Å². The summed E-state index contributed by atoms with van der Waals surface area (Å²) in [4.78, 5) is 12.8. The lowest BCUT2D eigenvalue weighted by Crippen LogP contribution is -2.28. The minimum absolute atomic E-state index is 0.192. The number of amides is 1. The number of allylic oxidation sites excluding steroid dienone is 1. The lowest BCUT2D eigenvalue weighted by Gasteiger charge is -2.21. The van der Waals surface area contributed by atoms with Gasteiger partial charge >= 0.3 is 0 Å². The first-order valence-corrected chi connectivity index (χ1v) is 11.9. The monoisotopic (exact) mass is 446 g/mol. The summed E-state index contributed by atoms with van der Waals surface area (Å²) in [5.41, 5.74) is 2.99. The Bertz CT molecular complexity index is 1050. The molecule has 160 valence electrons. The molecule has 3 rings (SSSR count).